The van der Waals surface area contributed by atoms with Crippen LogP contribution in [0.1, 0.15) is 38.0 Å². The van der Waals surface area contributed by atoms with E-state index in [0.717, 1.165) is 0 Å². The van der Waals surface area contributed by atoms with Gasteiger partial charge in [-0.2, -0.15) is 11.8 Å². The summed E-state index contributed by atoms with van der Waals surface area (Å²) < 4.78 is 0. The minimum Gasteiger partial charge on any atom is -0.391 e. The number of ketones is 2. The summed E-state index contributed by atoms with van der Waals surface area (Å²) in [5, 5.41) is 11.8. The summed E-state index contributed by atoms with van der Waals surface area (Å²) in [5.74, 6) is -0.561. The Morgan fingerprint density at radius 3 is 1.77 bits per heavy atom. The Bertz CT molecular complexity index is 1030. The molecule has 158 valence electrons. The molecule has 6 heteroatoms. The Kier molecular flexibility index (Phi) is 6.54. The summed E-state index contributed by atoms with van der Waals surface area (Å²) in [4.78, 5) is 27.7. The van der Waals surface area contributed by atoms with E-state index >= 15 is 0 Å². The lowest BCUT2D eigenvalue weighted by atomic mass is 9.67. The smallest absolute Gasteiger partial charge is 0.179 e. The molecule has 0 amide bonds. The predicted octanol–water partition coefficient (Wildman–Crippen LogP) is 6.28. The zero-order valence-electron chi connectivity index (χ0n) is 16.5. The van der Waals surface area contributed by atoms with Crippen molar-refractivity contribution in [3.63, 3.8) is 0 Å². The summed E-state index contributed by atoms with van der Waals surface area (Å²) in [6.07, 6.45) is -1.04. The number of carbonyl (C=O) groups excluding carboxylic acids is 2. The largest absolute Gasteiger partial charge is 0.391 e. The van der Waals surface area contributed by atoms with E-state index in [0.29, 0.717) is 26.7 Å². The normalized spacial score (nSPS) is 20.2. The molecule has 1 aliphatic rings. The second-order valence-corrected chi connectivity index (χ2v) is 9.59. The van der Waals surface area contributed by atoms with Crippen LogP contribution in [-0.2, 0) is 0 Å². The predicted molar refractivity (Wildman–Crippen MR) is 126 cm³/mol. The van der Waals surface area contributed by atoms with E-state index in [9.17, 15) is 14.7 Å². The molecule has 1 N–H and O–H groups in total. The van der Waals surface area contributed by atoms with E-state index in [2.05, 4.69) is 0 Å². The quantitative estimate of drug-likeness (QED) is 0.351. The van der Waals surface area contributed by atoms with E-state index in [-0.39, 0.29) is 29.0 Å². The van der Waals surface area contributed by atoms with Crippen molar-refractivity contribution >= 4 is 46.5 Å². The Balaban J connectivity index is 1.86. The molecule has 3 aromatic rings. The zero-order valence-corrected chi connectivity index (χ0v) is 18.8. The van der Waals surface area contributed by atoms with Crippen LogP contribution in [0.4, 0.5) is 0 Å². The van der Waals surface area contributed by atoms with Crippen LogP contribution in [0.5, 0.6) is 0 Å². The highest BCUT2D eigenvalue weighted by molar-refractivity contribution is 7.99. The van der Waals surface area contributed by atoms with Crippen LogP contribution in [-0.4, -0.2) is 28.5 Å². The summed E-state index contributed by atoms with van der Waals surface area (Å²) >= 11 is 14.4. The van der Waals surface area contributed by atoms with Crippen LogP contribution >= 0.6 is 35.0 Å². The topological polar surface area (TPSA) is 54.4 Å². The molecule has 3 nitrogen and oxygen atoms in total. The van der Waals surface area contributed by atoms with Gasteiger partial charge in [0.15, 0.2) is 11.6 Å². The lowest BCUT2D eigenvalue weighted by Crippen LogP contribution is -2.53. The SMILES string of the molecule is O=C(c1ccccc1)C1(C(=O)c2ccccc2)C[C@H](c2c(Cl)cccc2Cl)SC[C@@H]1O. The van der Waals surface area contributed by atoms with Gasteiger partial charge in [0, 0.05) is 37.7 Å². The number of Topliss-reactive ketones (excluding diaryl/α,β-unsaturated/α-hetero) is 2. The van der Waals surface area contributed by atoms with Crippen molar-refractivity contribution in [1.82, 2.24) is 0 Å². The summed E-state index contributed by atoms with van der Waals surface area (Å²) in [6, 6.07) is 22.6. The molecule has 0 aromatic heterocycles. The van der Waals surface area contributed by atoms with Crippen molar-refractivity contribution in [2.24, 2.45) is 5.41 Å². The van der Waals surface area contributed by atoms with Crippen LogP contribution in [0.25, 0.3) is 0 Å². The third kappa shape index (κ3) is 4.06. The molecule has 3 aromatic carbocycles. The van der Waals surface area contributed by atoms with Crippen molar-refractivity contribution in [3.8, 4) is 0 Å². The molecular weight excluding hydrogens is 451 g/mol. The fourth-order valence-electron chi connectivity index (χ4n) is 4.13. The number of aliphatic hydroxyl groups excluding tert-OH is 1. The Labute approximate surface area is 195 Å². The maximum absolute atomic E-state index is 13.8. The minimum atomic E-state index is -1.64. The van der Waals surface area contributed by atoms with Gasteiger partial charge in [0.1, 0.15) is 5.41 Å². The number of halogens is 2. The summed E-state index contributed by atoms with van der Waals surface area (Å²) in [5.41, 5.74) is -0.168. The van der Waals surface area contributed by atoms with Gasteiger partial charge in [-0.25, -0.2) is 0 Å². The number of rotatable bonds is 5. The van der Waals surface area contributed by atoms with Crippen molar-refractivity contribution in [3.05, 3.63) is 106 Å². The molecule has 1 aliphatic heterocycles. The number of thioether (sulfide) groups is 1. The van der Waals surface area contributed by atoms with Gasteiger partial charge in [0.2, 0.25) is 0 Å². The molecule has 0 radical (unpaired) electrons. The molecule has 0 spiro atoms. The minimum absolute atomic E-state index is 0.101. The van der Waals surface area contributed by atoms with Crippen LogP contribution in [0.3, 0.4) is 0 Å². The molecule has 0 aliphatic carbocycles. The molecular formula is C25H20Cl2O3S. The highest BCUT2D eigenvalue weighted by Gasteiger charge is 2.55. The van der Waals surface area contributed by atoms with Gasteiger partial charge in [-0.15, -0.1) is 0 Å². The van der Waals surface area contributed by atoms with Crippen LogP contribution < -0.4 is 0 Å². The maximum atomic E-state index is 13.8. The number of benzene rings is 3. The van der Waals surface area contributed by atoms with E-state index in [4.69, 9.17) is 23.2 Å². The second-order valence-electron chi connectivity index (χ2n) is 7.54. The molecule has 31 heavy (non-hydrogen) atoms. The van der Waals surface area contributed by atoms with Gasteiger partial charge >= 0.3 is 0 Å². The summed E-state index contributed by atoms with van der Waals surface area (Å²) in [7, 11) is 0. The van der Waals surface area contributed by atoms with E-state index in [1.807, 2.05) is 12.1 Å². The molecule has 1 fully saturated rings. The van der Waals surface area contributed by atoms with Crippen molar-refractivity contribution in [2.75, 3.05) is 5.75 Å². The molecule has 0 bridgehead atoms. The molecule has 0 unspecified atom stereocenters. The van der Waals surface area contributed by atoms with Gasteiger partial charge in [-0.3, -0.25) is 9.59 Å². The van der Waals surface area contributed by atoms with Gasteiger partial charge in [0.25, 0.3) is 0 Å². The Hall–Kier alpha value is -2.11. The molecule has 0 saturated carbocycles. The average Bonchev–Trinajstić information content (AvgIpc) is 2.80. The maximum Gasteiger partial charge on any atom is 0.179 e. The molecule has 2 atom stereocenters. The third-order valence-electron chi connectivity index (χ3n) is 5.74. The lowest BCUT2D eigenvalue weighted by molar-refractivity contribution is 0.0267. The highest BCUT2D eigenvalue weighted by atomic mass is 35.5. The monoisotopic (exact) mass is 470 g/mol. The third-order valence-corrected chi connectivity index (χ3v) is 7.71. The Morgan fingerprint density at radius 1 is 0.806 bits per heavy atom. The molecule has 1 saturated heterocycles. The van der Waals surface area contributed by atoms with Crippen molar-refractivity contribution in [2.45, 2.75) is 17.8 Å². The van der Waals surface area contributed by atoms with Crippen LogP contribution in [0.15, 0.2) is 78.9 Å². The van der Waals surface area contributed by atoms with Gasteiger partial charge in [0.05, 0.1) is 6.10 Å². The fourth-order valence-corrected chi connectivity index (χ4v) is 6.42. The van der Waals surface area contributed by atoms with E-state index in [1.54, 1.807) is 66.7 Å². The van der Waals surface area contributed by atoms with Gasteiger partial charge in [-0.05, 0) is 18.6 Å². The van der Waals surface area contributed by atoms with Gasteiger partial charge < -0.3 is 5.11 Å². The van der Waals surface area contributed by atoms with E-state index in [1.165, 1.54) is 11.8 Å². The van der Waals surface area contributed by atoms with Crippen LogP contribution in [0.2, 0.25) is 10.0 Å². The van der Waals surface area contributed by atoms with Crippen molar-refractivity contribution in [1.29, 1.82) is 0 Å². The Morgan fingerprint density at radius 2 is 1.29 bits per heavy atom. The first-order valence-corrected chi connectivity index (χ1v) is 11.7. The standard InChI is InChI=1S/C25H20Cl2O3S/c26-18-12-7-13-19(27)22(18)20-14-25(21(28)15-31-20,23(29)16-8-3-1-4-9-16)24(30)17-10-5-2-6-11-17/h1-13,20-21,28H,14-15H2/t20-,21+/m1/s1. The second kappa shape index (κ2) is 9.17. The zero-order chi connectivity index (χ0) is 22.0. The number of aliphatic hydroxyl groups is 1. The van der Waals surface area contributed by atoms with Gasteiger partial charge in [-0.1, -0.05) is 89.9 Å². The van der Waals surface area contributed by atoms with Crippen LogP contribution in [0, 0.1) is 5.41 Å². The fraction of sp³-hybridized carbons (Fsp3) is 0.200. The van der Waals surface area contributed by atoms with Crippen molar-refractivity contribution < 1.29 is 14.7 Å². The first-order valence-electron chi connectivity index (χ1n) is 9.88. The average molecular weight is 471 g/mol. The van der Waals surface area contributed by atoms with E-state index < -0.39 is 11.5 Å². The first-order chi connectivity index (χ1) is 14.9. The highest BCUT2D eigenvalue weighted by Crippen LogP contribution is 2.53. The summed E-state index contributed by atoms with van der Waals surface area (Å²) in [6.45, 7) is 0. The molecule has 1 heterocycles. The number of hydrogen-bond donors (Lipinski definition) is 1. The number of hydrogen-bond acceptors (Lipinski definition) is 4. The molecule has 4 rings (SSSR count). The lowest BCUT2D eigenvalue weighted by Gasteiger charge is -2.42. The first kappa shape index (κ1) is 22.1. The number of carbonyl (C=O) groups is 2.